The molecule has 1 aliphatic rings. The number of nitro benzene ring substituents is 1. The summed E-state index contributed by atoms with van der Waals surface area (Å²) < 4.78 is 5.72. The number of nitrogens with one attached hydrogen (secondary N) is 1. The highest BCUT2D eigenvalue weighted by molar-refractivity contribution is 6.39. The highest BCUT2D eigenvalue weighted by Gasteiger charge is 2.36. The van der Waals surface area contributed by atoms with Crippen molar-refractivity contribution in [3.63, 3.8) is 0 Å². The van der Waals surface area contributed by atoms with Gasteiger partial charge in [-0.1, -0.05) is 35.9 Å². The molecule has 0 unspecified atom stereocenters. The monoisotopic (exact) mass is 477 g/mol. The lowest BCUT2D eigenvalue weighted by Crippen LogP contribution is -2.54. The smallest absolute Gasteiger partial charge is 0.335 e. The number of nitro groups is 1. The lowest BCUT2D eigenvalue weighted by atomic mass is 10.1. The maximum absolute atomic E-state index is 12.9. The molecule has 0 aromatic heterocycles. The minimum Gasteiger partial charge on any atom is -0.489 e. The van der Waals surface area contributed by atoms with Gasteiger partial charge < -0.3 is 4.74 Å². The predicted molar refractivity (Wildman–Crippen MR) is 124 cm³/mol. The lowest BCUT2D eigenvalue weighted by molar-refractivity contribution is -0.384. The summed E-state index contributed by atoms with van der Waals surface area (Å²) in [6, 6.07) is 17.9. The highest BCUT2D eigenvalue weighted by atomic mass is 35.5. The second-order valence-corrected chi connectivity index (χ2v) is 7.65. The molecular formula is C24H16ClN3O6. The minimum absolute atomic E-state index is 0.0949. The van der Waals surface area contributed by atoms with Crippen LogP contribution < -0.4 is 15.0 Å². The summed E-state index contributed by atoms with van der Waals surface area (Å²) in [5, 5.41) is 13.6. The van der Waals surface area contributed by atoms with E-state index in [-0.39, 0.29) is 16.9 Å². The Morgan fingerprint density at radius 1 is 0.941 bits per heavy atom. The van der Waals surface area contributed by atoms with E-state index in [1.807, 2.05) is 12.1 Å². The number of carbonyl (C=O) groups is 3. The van der Waals surface area contributed by atoms with Gasteiger partial charge in [-0.15, -0.1) is 0 Å². The number of barbiturate groups is 1. The van der Waals surface area contributed by atoms with E-state index < -0.39 is 22.8 Å². The quantitative estimate of drug-likeness (QED) is 0.242. The number of imide groups is 2. The van der Waals surface area contributed by atoms with Crippen LogP contribution in [0.4, 0.5) is 16.2 Å². The Morgan fingerprint density at radius 2 is 1.59 bits per heavy atom. The average molecular weight is 478 g/mol. The normalized spacial score (nSPS) is 14.8. The number of benzene rings is 3. The van der Waals surface area contributed by atoms with Gasteiger partial charge in [-0.05, 0) is 53.6 Å². The molecule has 0 radical (unpaired) electrons. The molecule has 0 saturated carbocycles. The van der Waals surface area contributed by atoms with Crippen LogP contribution in [0.2, 0.25) is 5.02 Å². The van der Waals surface area contributed by atoms with Crippen LogP contribution in [0.25, 0.3) is 6.08 Å². The molecule has 0 bridgehead atoms. The number of amides is 4. The number of carbonyl (C=O) groups excluding carboxylic acids is 3. The first kappa shape index (κ1) is 22.7. The number of hydrogen-bond acceptors (Lipinski definition) is 6. The molecule has 0 aliphatic carbocycles. The molecule has 3 aromatic carbocycles. The van der Waals surface area contributed by atoms with Crippen LogP contribution in [0.1, 0.15) is 11.1 Å². The number of nitrogens with zero attached hydrogens (tertiary/aromatic N) is 2. The van der Waals surface area contributed by atoms with Crippen LogP contribution in [0.5, 0.6) is 5.75 Å². The van der Waals surface area contributed by atoms with Gasteiger partial charge in [-0.2, -0.15) is 0 Å². The standard InChI is InChI=1S/C24H16ClN3O6/c25-17-5-1-16(2-6-17)14-34-20-11-3-15(4-12-20)13-21-22(29)26-24(31)27(23(21)30)18-7-9-19(10-8-18)28(32)33/h1-13H,14H2,(H,26,29,31)/b21-13-. The summed E-state index contributed by atoms with van der Waals surface area (Å²) >= 11 is 5.87. The van der Waals surface area contributed by atoms with Gasteiger partial charge in [0.2, 0.25) is 0 Å². The van der Waals surface area contributed by atoms with E-state index in [0.29, 0.717) is 22.9 Å². The molecule has 0 spiro atoms. The van der Waals surface area contributed by atoms with Gasteiger partial charge >= 0.3 is 6.03 Å². The summed E-state index contributed by atoms with van der Waals surface area (Å²) in [5.41, 5.74) is 1.12. The highest BCUT2D eigenvalue weighted by Crippen LogP contribution is 2.25. The van der Waals surface area contributed by atoms with Crippen molar-refractivity contribution >= 4 is 46.9 Å². The Morgan fingerprint density at radius 3 is 2.21 bits per heavy atom. The van der Waals surface area contributed by atoms with Gasteiger partial charge in [0.15, 0.2) is 0 Å². The summed E-state index contributed by atoms with van der Waals surface area (Å²) in [4.78, 5) is 48.5. The number of non-ortho nitro benzene ring substituents is 1. The number of ether oxygens (including phenoxy) is 1. The predicted octanol–water partition coefficient (Wildman–Crippen LogP) is 4.49. The molecule has 0 atom stereocenters. The zero-order valence-electron chi connectivity index (χ0n) is 17.4. The van der Waals surface area contributed by atoms with Crippen molar-refractivity contribution in [2.75, 3.05) is 4.90 Å². The zero-order chi connectivity index (χ0) is 24.2. The average Bonchev–Trinajstić information content (AvgIpc) is 2.82. The number of anilines is 1. The molecule has 1 saturated heterocycles. The van der Waals surface area contributed by atoms with Crippen molar-refractivity contribution < 1.29 is 24.0 Å². The first-order valence-corrected chi connectivity index (χ1v) is 10.3. The second-order valence-electron chi connectivity index (χ2n) is 7.22. The Hall–Kier alpha value is -4.50. The SMILES string of the molecule is O=C1NC(=O)N(c2ccc([N+](=O)[O-])cc2)C(=O)/C1=C\c1ccc(OCc2ccc(Cl)cc2)cc1. The van der Waals surface area contributed by atoms with E-state index in [1.165, 1.54) is 30.3 Å². The fourth-order valence-corrected chi connectivity index (χ4v) is 3.32. The van der Waals surface area contributed by atoms with Crippen LogP contribution in [0.3, 0.4) is 0 Å². The third-order valence-electron chi connectivity index (χ3n) is 4.93. The number of rotatable bonds is 6. The fourth-order valence-electron chi connectivity index (χ4n) is 3.19. The first-order chi connectivity index (χ1) is 16.3. The van der Waals surface area contributed by atoms with Crippen LogP contribution in [-0.4, -0.2) is 22.8 Å². The summed E-state index contributed by atoms with van der Waals surface area (Å²) in [6.07, 6.45) is 1.35. The maximum Gasteiger partial charge on any atom is 0.335 e. The van der Waals surface area contributed by atoms with Crippen molar-refractivity contribution in [2.45, 2.75) is 6.61 Å². The lowest BCUT2D eigenvalue weighted by Gasteiger charge is -2.26. The van der Waals surface area contributed by atoms with Crippen LogP contribution >= 0.6 is 11.6 Å². The minimum atomic E-state index is -0.938. The van der Waals surface area contributed by atoms with Gasteiger partial charge in [0.25, 0.3) is 17.5 Å². The third kappa shape index (κ3) is 4.94. The van der Waals surface area contributed by atoms with Gasteiger partial charge in [0.1, 0.15) is 17.9 Å². The molecule has 10 heteroatoms. The largest absolute Gasteiger partial charge is 0.489 e. The van der Waals surface area contributed by atoms with E-state index in [9.17, 15) is 24.5 Å². The molecular weight excluding hydrogens is 462 g/mol. The molecule has 1 aliphatic heterocycles. The molecule has 1 fully saturated rings. The number of halogens is 1. The Balaban J connectivity index is 1.51. The van der Waals surface area contributed by atoms with Crippen LogP contribution in [0.15, 0.2) is 78.4 Å². The van der Waals surface area contributed by atoms with E-state index in [1.54, 1.807) is 36.4 Å². The molecule has 4 amide bonds. The Bertz CT molecular complexity index is 1300. The van der Waals surface area contributed by atoms with Crippen molar-refractivity contribution in [2.24, 2.45) is 0 Å². The van der Waals surface area contributed by atoms with Crippen molar-refractivity contribution in [3.8, 4) is 5.75 Å². The van der Waals surface area contributed by atoms with E-state index >= 15 is 0 Å². The van der Waals surface area contributed by atoms with Crippen molar-refractivity contribution in [1.29, 1.82) is 0 Å². The number of urea groups is 1. The van der Waals surface area contributed by atoms with E-state index in [0.717, 1.165) is 10.5 Å². The number of hydrogen-bond donors (Lipinski definition) is 1. The van der Waals surface area contributed by atoms with Gasteiger partial charge in [0, 0.05) is 17.2 Å². The molecule has 9 nitrogen and oxygen atoms in total. The van der Waals surface area contributed by atoms with Gasteiger partial charge in [0.05, 0.1) is 10.6 Å². The summed E-state index contributed by atoms with van der Waals surface area (Å²) in [6.45, 7) is 0.338. The maximum atomic E-state index is 12.9. The van der Waals surface area contributed by atoms with Gasteiger partial charge in [-0.25, -0.2) is 9.69 Å². The molecule has 1 heterocycles. The second kappa shape index (κ2) is 9.55. The molecule has 3 aromatic rings. The van der Waals surface area contributed by atoms with Crippen LogP contribution in [-0.2, 0) is 16.2 Å². The van der Waals surface area contributed by atoms with Gasteiger partial charge in [-0.3, -0.25) is 25.0 Å². The fraction of sp³-hybridized carbons (Fsp3) is 0.0417. The zero-order valence-corrected chi connectivity index (χ0v) is 18.2. The first-order valence-electron chi connectivity index (χ1n) is 9.95. The summed E-state index contributed by atoms with van der Waals surface area (Å²) in [5.74, 6) is -1.10. The Labute approximate surface area is 198 Å². The Kier molecular flexibility index (Phi) is 6.37. The van der Waals surface area contributed by atoms with Crippen LogP contribution in [0, 0.1) is 10.1 Å². The summed E-state index contributed by atoms with van der Waals surface area (Å²) in [7, 11) is 0. The van der Waals surface area contributed by atoms with E-state index in [4.69, 9.17) is 16.3 Å². The third-order valence-corrected chi connectivity index (χ3v) is 5.18. The van der Waals surface area contributed by atoms with Crippen molar-refractivity contribution in [1.82, 2.24) is 5.32 Å². The molecule has 1 N–H and O–H groups in total. The molecule has 34 heavy (non-hydrogen) atoms. The molecule has 4 rings (SSSR count). The van der Waals surface area contributed by atoms with E-state index in [2.05, 4.69) is 5.32 Å². The molecule has 170 valence electrons. The van der Waals surface area contributed by atoms with Crippen molar-refractivity contribution in [3.05, 3.63) is 105 Å². The topological polar surface area (TPSA) is 119 Å².